The average molecular weight is 193 g/mol. The first-order valence-electron chi connectivity index (χ1n) is 5.22. The minimum Gasteiger partial charge on any atom is -0.350 e. The lowest BCUT2D eigenvalue weighted by Crippen LogP contribution is -2.39. The Morgan fingerprint density at radius 1 is 1.21 bits per heavy atom. The van der Waals surface area contributed by atoms with Crippen LogP contribution in [0.2, 0.25) is 0 Å². The van der Waals surface area contributed by atoms with Crippen molar-refractivity contribution in [2.24, 2.45) is 0 Å². The van der Waals surface area contributed by atoms with E-state index in [1.807, 2.05) is 32.9 Å². The van der Waals surface area contributed by atoms with Gasteiger partial charge < -0.3 is 5.32 Å². The van der Waals surface area contributed by atoms with Crippen molar-refractivity contribution in [2.75, 3.05) is 0 Å². The summed E-state index contributed by atoms with van der Waals surface area (Å²) in [5.74, 6) is 0.0761. The Kier molecular flexibility index (Phi) is 3.93. The molecule has 0 spiro atoms. The van der Waals surface area contributed by atoms with Gasteiger partial charge in [-0.15, -0.1) is 0 Å². The number of carbonyl (C=O) groups excluding carboxylic acids is 1. The maximum absolute atomic E-state index is 11.6. The van der Waals surface area contributed by atoms with Gasteiger partial charge in [0.2, 0.25) is 5.91 Å². The Morgan fingerprint density at radius 2 is 1.86 bits per heavy atom. The van der Waals surface area contributed by atoms with E-state index < -0.39 is 0 Å². The molecule has 1 fully saturated rings. The van der Waals surface area contributed by atoms with Crippen molar-refractivity contribution >= 4 is 5.91 Å². The molecule has 1 aliphatic carbocycles. The maximum atomic E-state index is 11.6. The van der Waals surface area contributed by atoms with Gasteiger partial charge in [0.25, 0.3) is 0 Å². The highest BCUT2D eigenvalue weighted by Crippen LogP contribution is 2.18. The number of allylic oxidation sites excluding steroid dienone is 3. The molecule has 1 saturated carbocycles. The van der Waals surface area contributed by atoms with Crippen LogP contribution in [0.25, 0.3) is 0 Å². The molecule has 0 aliphatic heterocycles. The third-order valence-corrected chi connectivity index (χ3v) is 2.47. The molecular weight excluding hydrogens is 174 g/mol. The van der Waals surface area contributed by atoms with Gasteiger partial charge in [0.1, 0.15) is 0 Å². The first kappa shape index (κ1) is 11.0. The maximum Gasteiger partial charge on any atom is 0.247 e. The molecule has 0 unspecified atom stereocenters. The second-order valence-corrected chi connectivity index (χ2v) is 4.19. The largest absolute Gasteiger partial charge is 0.350 e. The molecule has 2 heteroatoms. The molecule has 0 heterocycles. The Morgan fingerprint density at radius 3 is 2.29 bits per heavy atom. The van der Waals surface area contributed by atoms with Crippen molar-refractivity contribution in [1.29, 1.82) is 0 Å². The van der Waals surface area contributed by atoms with Crippen LogP contribution >= 0.6 is 0 Å². The highest BCUT2D eigenvalue weighted by Gasteiger charge is 2.19. The minimum absolute atomic E-state index is 0.0761. The summed E-state index contributed by atoms with van der Waals surface area (Å²) in [4.78, 5) is 11.6. The van der Waals surface area contributed by atoms with Crippen LogP contribution in [-0.2, 0) is 4.79 Å². The highest BCUT2D eigenvalue weighted by atomic mass is 16.1. The zero-order valence-electron chi connectivity index (χ0n) is 9.26. The molecule has 0 bridgehead atoms. The minimum atomic E-state index is 0.0761. The molecule has 1 aliphatic rings. The number of hydrogen-bond donors (Lipinski definition) is 1. The molecule has 1 rings (SSSR count). The zero-order valence-corrected chi connectivity index (χ0v) is 9.26. The van der Waals surface area contributed by atoms with Crippen LogP contribution in [0, 0.1) is 0 Å². The molecule has 2 nitrogen and oxygen atoms in total. The molecule has 14 heavy (non-hydrogen) atoms. The molecule has 0 aromatic heterocycles. The van der Waals surface area contributed by atoms with Gasteiger partial charge in [0, 0.05) is 11.6 Å². The Bertz CT molecular complexity index is 268. The van der Waals surface area contributed by atoms with Gasteiger partial charge >= 0.3 is 0 Å². The van der Waals surface area contributed by atoms with Crippen molar-refractivity contribution in [3.05, 3.63) is 23.3 Å². The molecule has 0 aromatic carbocycles. The lowest BCUT2D eigenvalue weighted by Gasteiger charge is -2.26. The summed E-state index contributed by atoms with van der Waals surface area (Å²) in [6, 6.07) is 0.428. The molecule has 0 radical (unpaired) electrons. The summed E-state index contributed by atoms with van der Waals surface area (Å²) >= 11 is 0. The lowest BCUT2D eigenvalue weighted by molar-refractivity contribution is -0.118. The van der Waals surface area contributed by atoms with Crippen molar-refractivity contribution in [3.63, 3.8) is 0 Å². The van der Waals surface area contributed by atoms with Gasteiger partial charge in [-0.3, -0.25) is 4.79 Å². The Balaban J connectivity index is 2.42. The molecule has 1 N–H and O–H groups in total. The van der Waals surface area contributed by atoms with E-state index >= 15 is 0 Å². The standard InChI is InChI=1S/C12H19NO/c1-9(2)7-8-10(3)12(14)13-11-5-4-6-11/h7-8,11H,4-6H2,1-3H3,(H,13,14). The summed E-state index contributed by atoms with van der Waals surface area (Å²) in [6.07, 6.45) is 7.38. The van der Waals surface area contributed by atoms with Crippen molar-refractivity contribution in [1.82, 2.24) is 5.32 Å². The third-order valence-electron chi connectivity index (χ3n) is 2.47. The number of carbonyl (C=O) groups is 1. The van der Waals surface area contributed by atoms with Crippen molar-refractivity contribution < 1.29 is 4.79 Å². The van der Waals surface area contributed by atoms with Gasteiger partial charge in [-0.05, 0) is 40.0 Å². The predicted octanol–water partition coefficient (Wildman–Crippen LogP) is 2.57. The van der Waals surface area contributed by atoms with E-state index in [2.05, 4.69) is 5.32 Å². The first-order valence-corrected chi connectivity index (χ1v) is 5.22. The van der Waals surface area contributed by atoms with E-state index in [0.717, 1.165) is 18.4 Å². The van der Waals surface area contributed by atoms with E-state index in [0.29, 0.717) is 6.04 Å². The van der Waals surface area contributed by atoms with E-state index in [1.54, 1.807) is 0 Å². The quantitative estimate of drug-likeness (QED) is 0.541. The van der Waals surface area contributed by atoms with Crippen LogP contribution < -0.4 is 5.32 Å². The summed E-state index contributed by atoms with van der Waals surface area (Å²) < 4.78 is 0. The number of amides is 1. The van der Waals surface area contributed by atoms with Crippen LogP contribution in [0.3, 0.4) is 0 Å². The van der Waals surface area contributed by atoms with Gasteiger partial charge in [0.05, 0.1) is 0 Å². The molecule has 0 atom stereocenters. The number of hydrogen-bond acceptors (Lipinski definition) is 1. The van der Waals surface area contributed by atoms with Crippen LogP contribution in [0.15, 0.2) is 23.3 Å². The summed E-state index contributed by atoms with van der Waals surface area (Å²) in [5, 5.41) is 3.00. The lowest BCUT2D eigenvalue weighted by atomic mass is 9.93. The number of rotatable bonds is 3. The SMILES string of the molecule is CC(C)=CC=C(C)C(=O)NC1CCC1. The molecule has 0 saturated heterocycles. The molecule has 1 amide bonds. The summed E-state index contributed by atoms with van der Waals surface area (Å²) in [5.41, 5.74) is 2.00. The number of nitrogens with one attached hydrogen (secondary N) is 1. The normalized spacial score (nSPS) is 17.2. The second-order valence-electron chi connectivity index (χ2n) is 4.19. The molecular formula is C12H19NO. The topological polar surface area (TPSA) is 29.1 Å². The summed E-state index contributed by atoms with van der Waals surface area (Å²) in [6.45, 7) is 5.90. The Labute approximate surface area is 86.1 Å². The van der Waals surface area contributed by atoms with E-state index in [9.17, 15) is 4.79 Å². The fraction of sp³-hybridized carbons (Fsp3) is 0.583. The molecule has 0 aromatic rings. The van der Waals surface area contributed by atoms with Crippen molar-refractivity contribution in [2.45, 2.75) is 46.1 Å². The first-order chi connectivity index (χ1) is 6.59. The van der Waals surface area contributed by atoms with Gasteiger partial charge in [0.15, 0.2) is 0 Å². The van der Waals surface area contributed by atoms with E-state index in [-0.39, 0.29) is 5.91 Å². The average Bonchev–Trinajstić information content (AvgIpc) is 2.06. The third kappa shape index (κ3) is 3.36. The van der Waals surface area contributed by atoms with E-state index in [1.165, 1.54) is 12.0 Å². The summed E-state index contributed by atoms with van der Waals surface area (Å²) in [7, 11) is 0. The van der Waals surface area contributed by atoms with Gasteiger partial charge in [-0.25, -0.2) is 0 Å². The van der Waals surface area contributed by atoms with Crippen LogP contribution in [0.1, 0.15) is 40.0 Å². The van der Waals surface area contributed by atoms with Crippen molar-refractivity contribution in [3.8, 4) is 0 Å². The van der Waals surface area contributed by atoms with Crippen LogP contribution in [0.5, 0.6) is 0 Å². The fourth-order valence-corrected chi connectivity index (χ4v) is 1.22. The smallest absolute Gasteiger partial charge is 0.247 e. The second kappa shape index (κ2) is 4.99. The predicted molar refractivity (Wildman–Crippen MR) is 59.0 cm³/mol. The van der Waals surface area contributed by atoms with Crippen LogP contribution in [-0.4, -0.2) is 11.9 Å². The Hall–Kier alpha value is -1.05. The van der Waals surface area contributed by atoms with Gasteiger partial charge in [-0.2, -0.15) is 0 Å². The monoisotopic (exact) mass is 193 g/mol. The van der Waals surface area contributed by atoms with E-state index in [4.69, 9.17) is 0 Å². The van der Waals surface area contributed by atoms with Crippen LogP contribution in [0.4, 0.5) is 0 Å². The fourth-order valence-electron chi connectivity index (χ4n) is 1.22. The van der Waals surface area contributed by atoms with Gasteiger partial charge in [-0.1, -0.05) is 17.7 Å². The molecule has 78 valence electrons. The highest BCUT2D eigenvalue weighted by molar-refractivity contribution is 5.93. The zero-order chi connectivity index (χ0) is 10.6.